The molecule has 2 rings (SSSR count). The van der Waals surface area contributed by atoms with Gasteiger partial charge in [-0.25, -0.2) is 0 Å². The van der Waals surface area contributed by atoms with Crippen LogP contribution in [0.2, 0.25) is 0 Å². The third kappa shape index (κ3) is 2.97. The van der Waals surface area contributed by atoms with Crippen molar-refractivity contribution in [1.29, 1.82) is 5.26 Å². The Kier molecular flexibility index (Phi) is 4.38. The summed E-state index contributed by atoms with van der Waals surface area (Å²) in [7, 11) is 0. The smallest absolute Gasteiger partial charge is 0.358 e. The molecule has 7 heteroatoms. The summed E-state index contributed by atoms with van der Waals surface area (Å²) in [6.45, 7) is 2.23. The van der Waals surface area contributed by atoms with Crippen molar-refractivity contribution >= 4 is 17.6 Å². The molecule has 0 N–H and O–H groups in total. The molecule has 0 aliphatic carbocycles. The number of thioether (sulfide) groups is 1. The zero-order valence-electron chi connectivity index (χ0n) is 10.8. The van der Waals surface area contributed by atoms with Gasteiger partial charge in [-0.3, -0.25) is 4.57 Å². The van der Waals surface area contributed by atoms with Crippen molar-refractivity contribution < 1.29 is 4.92 Å². The number of rotatable bonds is 5. The number of nitrogens with zero attached hydrogens (tertiary/aromatic N) is 4. The second-order valence-electron chi connectivity index (χ2n) is 4.06. The van der Waals surface area contributed by atoms with E-state index >= 15 is 0 Å². The Balaban J connectivity index is 2.40. The molecule has 0 atom stereocenters. The lowest BCUT2D eigenvalue weighted by molar-refractivity contribution is -0.392. The maximum atomic E-state index is 11.0. The first kappa shape index (κ1) is 14.1. The van der Waals surface area contributed by atoms with Crippen molar-refractivity contribution in [3.05, 3.63) is 51.8 Å². The number of aryl methyl sites for hydroxylation is 1. The van der Waals surface area contributed by atoms with Gasteiger partial charge in [0.2, 0.25) is 5.82 Å². The molecule has 0 saturated heterocycles. The van der Waals surface area contributed by atoms with Crippen LogP contribution in [0, 0.1) is 28.4 Å². The lowest BCUT2D eigenvalue weighted by atomic mass is 10.2. The highest BCUT2D eigenvalue weighted by Crippen LogP contribution is 2.30. The van der Waals surface area contributed by atoms with Gasteiger partial charge >= 0.3 is 5.82 Å². The largest absolute Gasteiger partial charge is 0.396 e. The minimum absolute atomic E-state index is 0.154. The van der Waals surface area contributed by atoms with Crippen LogP contribution in [0.3, 0.4) is 0 Å². The Labute approximate surface area is 120 Å². The van der Waals surface area contributed by atoms with E-state index in [4.69, 9.17) is 5.26 Å². The van der Waals surface area contributed by atoms with Gasteiger partial charge in [0.25, 0.3) is 0 Å². The number of hydrogen-bond acceptors (Lipinski definition) is 5. The predicted molar refractivity (Wildman–Crippen MR) is 75.5 cm³/mol. The van der Waals surface area contributed by atoms with Crippen molar-refractivity contribution in [1.82, 2.24) is 9.55 Å². The molecule has 0 unspecified atom stereocenters. The maximum Gasteiger partial charge on any atom is 0.396 e. The monoisotopic (exact) mass is 288 g/mol. The van der Waals surface area contributed by atoms with Gasteiger partial charge in [-0.05, 0) is 15.5 Å². The van der Waals surface area contributed by atoms with Gasteiger partial charge in [-0.15, -0.1) is 0 Å². The standard InChI is InChI=1S/C13H12N4O2S/c1-10-15-12(17(18)19)13(20-8-7-14)16(10)9-11-5-3-2-4-6-11/h2-6H,8-9H2,1H3. The highest BCUT2D eigenvalue weighted by molar-refractivity contribution is 7.99. The fourth-order valence-electron chi connectivity index (χ4n) is 1.84. The van der Waals surface area contributed by atoms with E-state index in [1.54, 1.807) is 11.5 Å². The lowest BCUT2D eigenvalue weighted by Crippen LogP contribution is -2.04. The maximum absolute atomic E-state index is 11.0. The zero-order valence-corrected chi connectivity index (χ0v) is 11.6. The van der Waals surface area contributed by atoms with E-state index in [-0.39, 0.29) is 11.6 Å². The second-order valence-corrected chi connectivity index (χ2v) is 5.03. The van der Waals surface area contributed by atoms with Gasteiger partial charge in [0.1, 0.15) is 0 Å². The molecule has 0 spiro atoms. The first-order chi connectivity index (χ1) is 9.63. The topological polar surface area (TPSA) is 84.8 Å². The zero-order chi connectivity index (χ0) is 14.5. The summed E-state index contributed by atoms with van der Waals surface area (Å²) in [6, 6.07) is 11.6. The van der Waals surface area contributed by atoms with Crippen LogP contribution in [0.4, 0.5) is 5.82 Å². The van der Waals surface area contributed by atoms with Crippen molar-refractivity contribution in [3.63, 3.8) is 0 Å². The molecule has 6 nitrogen and oxygen atoms in total. The third-order valence-electron chi connectivity index (χ3n) is 2.72. The second kappa shape index (κ2) is 6.21. The summed E-state index contributed by atoms with van der Waals surface area (Å²) in [5, 5.41) is 20.1. The van der Waals surface area contributed by atoms with Gasteiger partial charge in [0.15, 0.2) is 5.03 Å². The molecular formula is C13H12N4O2S. The molecule has 0 fully saturated rings. The normalized spacial score (nSPS) is 10.2. The number of nitriles is 1. The van der Waals surface area contributed by atoms with E-state index in [2.05, 4.69) is 4.98 Å². The molecule has 20 heavy (non-hydrogen) atoms. The third-order valence-corrected chi connectivity index (χ3v) is 3.67. The molecule has 1 aromatic carbocycles. The highest BCUT2D eigenvalue weighted by Gasteiger charge is 2.25. The molecule has 1 heterocycles. The van der Waals surface area contributed by atoms with E-state index in [1.165, 1.54) is 0 Å². The van der Waals surface area contributed by atoms with E-state index < -0.39 is 4.92 Å². The van der Waals surface area contributed by atoms with Crippen molar-refractivity contribution in [2.24, 2.45) is 0 Å². The number of aromatic nitrogens is 2. The molecule has 2 aromatic rings. The number of nitro groups is 1. The number of benzene rings is 1. The SMILES string of the molecule is Cc1nc([N+](=O)[O-])c(SCC#N)n1Cc1ccccc1. The van der Waals surface area contributed by atoms with Crippen LogP contribution >= 0.6 is 11.8 Å². The van der Waals surface area contributed by atoms with E-state index in [0.29, 0.717) is 17.4 Å². The van der Waals surface area contributed by atoms with E-state index in [0.717, 1.165) is 17.3 Å². The van der Waals surface area contributed by atoms with Crippen LogP contribution in [-0.4, -0.2) is 20.2 Å². The Bertz CT molecular complexity index is 661. The van der Waals surface area contributed by atoms with Crippen LogP contribution in [0.1, 0.15) is 11.4 Å². The van der Waals surface area contributed by atoms with E-state index in [1.807, 2.05) is 36.4 Å². The fourth-order valence-corrected chi connectivity index (χ4v) is 2.65. The summed E-state index contributed by atoms with van der Waals surface area (Å²) >= 11 is 1.14. The van der Waals surface area contributed by atoms with Crippen LogP contribution in [0.25, 0.3) is 0 Å². The summed E-state index contributed by atoms with van der Waals surface area (Å²) in [4.78, 5) is 14.5. The van der Waals surface area contributed by atoms with Gasteiger partial charge < -0.3 is 10.1 Å². The van der Waals surface area contributed by atoms with Crippen molar-refractivity contribution in [2.45, 2.75) is 18.5 Å². The molecule has 0 saturated carbocycles. The molecule has 0 bridgehead atoms. The fraction of sp³-hybridized carbons (Fsp3) is 0.231. The molecule has 0 radical (unpaired) electrons. The summed E-state index contributed by atoms with van der Waals surface area (Å²) in [5.74, 6) is 0.542. The van der Waals surface area contributed by atoms with Gasteiger partial charge in [-0.2, -0.15) is 5.26 Å². The summed E-state index contributed by atoms with van der Waals surface area (Å²) in [5.41, 5.74) is 1.03. The average Bonchev–Trinajstić information content (AvgIpc) is 2.75. The Morgan fingerprint density at radius 1 is 1.45 bits per heavy atom. The Morgan fingerprint density at radius 3 is 2.75 bits per heavy atom. The minimum atomic E-state index is -0.506. The van der Waals surface area contributed by atoms with E-state index in [9.17, 15) is 10.1 Å². The lowest BCUT2D eigenvalue weighted by Gasteiger charge is -2.07. The van der Waals surface area contributed by atoms with Crippen LogP contribution < -0.4 is 0 Å². The van der Waals surface area contributed by atoms with Gasteiger partial charge in [0.05, 0.1) is 18.4 Å². The Hall–Kier alpha value is -2.33. The van der Waals surface area contributed by atoms with Crippen LogP contribution in [0.15, 0.2) is 35.4 Å². The molecule has 0 aliphatic rings. The highest BCUT2D eigenvalue weighted by atomic mass is 32.2. The Morgan fingerprint density at radius 2 is 2.15 bits per heavy atom. The molecule has 1 aromatic heterocycles. The average molecular weight is 288 g/mol. The van der Waals surface area contributed by atoms with Gasteiger partial charge in [-0.1, -0.05) is 42.1 Å². The molecule has 0 aliphatic heterocycles. The number of imidazole rings is 1. The molecule has 0 amide bonds. The van der Waals surface area contributed by atoms with Crippen molar-refractivity contribution in [2.75, 3.05) is 5.75 Å². The van der Waals surface area contributed by atoms with Crippen LogP contribution in [0.5, 0.6) is 0 Å². The molecular weight excluding hydrogens is 276 g/mol. The summed E-state index contributed by atoms with van der Waals surface area (Å²) < 4.78 is 1.77. The minimum Gasteiger partial charge on any atom is -0.358 e. The first-order valence-electron chi connectivity index (χ1n) is 5.88. The quantitative estimate of drug-likeness (QED) is 0.480. The predicted octanol–water partition coefficient (Wildman–Crippen LogP) is 2.76. The van der Waals surface area contributed by atoms with Gasteiger partial charge in [0, 0.05) is 6.92 Å². The van der Waals surface area contributed by atoms with Crippen molar-refractivity contribution in [3.8, 4) is 6.07 Å². The molecule has 102 valence electrons. The first-order valence-corrected chi connectivity index (χ1v) is 6.87. The number of hydrogen-bond donors (Lipinski definition) is 0. The summed E-state index contributed by atoms with van der Waals surface area (Å²) in [6.07, 6.45) is 0. The van der Waals surface area contributed by atoms with Crippen LogP contribution in [-0.2, 0) is 6.54 Å².